The molecule has 1 aromatic carbocycles. The van der Waals surface area contributed by atoms with Crippen molar-refractivity contribution in [3.8, 4) is 5.75 Å². The first-order chi connectivity index (χ1) is 9.58. The predicted molar refractivity (Wildman–Crippen MR) is 77.9 cm³/mol. The van der Waals surface area contributed by atoms with Gasteiger partial charge in [0, 0.05) is 6.42 Å². The summed E-state index contributed by atoms with van der Waals surface area (Å²) in [5, 5.41) is 7.24. The zero-order valence-electron chi connectivity index (χ0n) is 12.4. The van der Waals surface area contributed by atoms with Crippen LogP contribution in [0, 0.1) is 12.8 Å². The summed E-state index contributed by atoms with van der Waals surface area (Å²) in [5.41, 5.74) is 2.09. The number of rotatable bonds is 6. The summed E-state index contributed by atoms with van der Waals surface area (Å²) >= 11 is 0. The van der Waals surface area contributed by atoms with E-state index in [-0.39, 0.29) is 0 Å². The molecule has 0 radical (unpaired) electrons. The van der Waals surface area contributed by atoms with Crippen LogP contribution in [0.25, 0.3) is 0 Å². The molecule has 0 bridgehead atoms. The van der Waals surface area contributed by atoms with E-state index in [2.05, 4.69) is 29.3 Å². The van der Waals surface area contributed by atoms with Crippen LogP contribution in [0.3, 0.4) is 0 Å². The Morgan fingerprint density at radius 2 is 2.15 bits per heavy atom. The Labute approximate surface area is 119 Å². The molecule has 0 saturated heterocycles. The number of hydrogen-bond donors (Lipinski definition) is 1. The van der Waals surface area contributed by atoms with Gasteiger partial charge in [0.2, 0.25) is 5.89 Å². The van der Waals surface area contributed by atoms with Gasteiger partial charge < -0.3 is 14.6 Å². The Balaban J connectivity index is 2.01. The summed E-state index contributed by atoms with van der Waals surface area (Å²) < 4.78 is 10.5. The minimum atomic E-state index is 0.491. The first-order valence-electron chi connectivity index (χ1n) is 6.78. The molecular formula is C15H21N3O2. The smallest absolute Gasteiger partial charge is 0.245 e. The summed E-state index contributed by atoms with van der Waals surface area (Å²) in [6.07, 6.45) is 0.831. The SMILES string of the molecule is COc1ccc(C)cc1NCc1nc(CC(C)C)no1. The van der Waals surface area contributed by atoms with Gasteiger partial charge >= 0.3 is 0 Å². The first kappa shape index (κ1) is 14.4. The minimum Gasteiger partial charge on any atom is -0.495 e. The molecule has 0 spiro atoms. The first-order valence-corrected chi connectivity index (χ1v) is 6.78. The van der Waals surface area contributed by atoms with Gasteiger partial charge in [-0.1, -0.05) is 25.1 Å². The van der Waals surface area contributed by atoms with E-state index in [1.165, 1.54) is 5.56 Å². The Morgan fingerprint density at radius 3 is 2.85 bits per heavy atom. The molecule has 2 aromatic rings. The molecule has 0 aliphatic rings. The highest BCUT2D eigenvalue weighted by Gasteiger charge is 2.09. The van der Waals surface area contributed by atoms with E-state index in [0.29, 0.717) is 18.4 Å². The Morgan fingerprint density at radius 1 is 1.35 bits per heavy atom. The van der Waals surface area contributed by atoms with Gasteiger partial charge in [0.1, 0.15) is 5.75 Å². The van der Waals surface area contributed by atoms with Crippen molar-refractivity contribution < 1.29 is 9.26 Å². The van der Waals surface area contributed by atoms with E-state index < -0.39 is 0 Å². The molecule has 5 nitrogen and oxygen atoms in total. The molecule has 1 N–H and O–H groups in total. The highest BCUT2D eigenvalue weighted by Crippen LogP contribution is 2.25. The lowest BCUT2D eigenvalue weighted by Crippen LogP contribution is -2.02. The lowest BCUT2D eigenvalue weighted by molar-refractivity contribution is 0.375. The predicted octanol–water partition coefficient (Wildman–Crippen LogP) is 3.20. The zero-order valence-corrected chi connectivity index (χ0v) is 12.4. The van der Waals surface area contributed by atoms with E-state index in [0.717, 1.165) is 23.7 Å². The van der Waals surface area contributed by atoms with Gasteiger partial charge in [-0.3, -0.25) is 0 Å². The molecule has 0 fully saturated rings. The molecule has 0 atom stereocenters. The van der Waals surface area contributed by atoms with Gasteiger partial charge in [0.25, 0.3) is 0 Å². The van der Waals surface area contributed by atoms with E-state index in [9.17, 15) is 0 Å². The zero-order chi connectivity index (χ0) is 14.5. The number of aryl methyl sites for hydroxylation is 1. The van der Waals surface area contributed by atoms with Crippen molar-refractivity contribution in [2.75, 3.05) is 12.4 Å². The molecule has 0 amide bonds. The van der Waals surface area contributed by atoms with E-state index in [1.807, 2.05) is 25.1 Å². The average molecular weight is 275 g/mol. The second-order valence-corrected chi connectivity index (χ2v) is 5.26. The fourth-order valence-electron chi connectivity index (χ4n) is 1.94. The van der Waals surface area contributed by atoms with E-state index in [1.54, 1.807) is 7.11 Å². The topological polar surface area (TPSA) is 60.2 Å². The monoisotopic (exact) mass is 275 g/mol. The van der Waals surface area contributed by atoms with Crippen LogP contribution in [0.2, 0.25) is 0 Å². The van der Waals surface area contributed by atoms with Gasteiger partial charge in [-0.2, -0.15) is 4.98 Å². The molecule has 1 heterocycles. The van der Waals surface area contributed by atoms with E-state index >= 15 is 0 Å². The summed E-state index contributed by atoms with van der Waals surface area (Å²) in [6.45, 7) is 6.79. The number of anilines is 1. The van der Waals surface area contributed by atoms with Crippen molar-refractivity contribution in [3.05, 3.63) is 35.5 Å². The summed E-state index contributed by atoms with van der Waals surface area (Å²) in [6, 6.07) is 5.98. The third kappa shape index (κ3) is 3.73. The number of nitrogens with one attached hydrogen (secondary N) is 1. The maximum Gasteiger partial charge on any atom is 0.245 e. The number of nitrogens with zero attached hydrogens (tertiary/aromatic N) is 2. The minimum absolute atomic E-state index is 0.491. The summed E-state index contributed by atoms with van der Waals surface area (Å²) in [4.78, 5) is 4.36. The molecular weight excluding hydrogens is 254 g/mol. The van der Waals surface area contributed by atoms with Crippen LogP contribution >= 0.6 is 0 Å². The highest BCUT2D eigenvalue weighted by molar-refractivity contribution is 5.57. The van der Waals surface area contributed by atoms with Crippen molar-refractivity contribution in [2.24, 2.45) is 5.92 Å². The Bertz CT molecular complexity index is 564. The third-order valence-corrected chi connectivity index (χ3v) is 2.89. The van der Waals surface area contributed by atoms with Crippen LogP contribution in [0.1, 0.15) is 31.1 Å². The molecule has 0 saturated carbocycles. The number of hydrogen-bond acceptors (Lipinski definition) is 5. The van der Waals surface area contributed by atoms with Crippen LogP contribution in [-0.4, -0.2) is 17.3 Å². The fraction of sp³-hybridized carbons (Fsp3) is 0.467. The fourth-order valence-corrected chi connectivity index (χ4v) is 1.94. The van der Waals surface area contributed by atoms with Gasteiger partial charge in [-0.15, -0.1) is 0 Å². The lowest BCUT2D eigenvalue weighted by atomic mass is 10.1. The number of methoxy groups -OCH3 is 1. The highest BCUT2D eigenvalue weighted by atomic mass is 16.5. The van der Waals surface area contributed by atoms with Gasteiger partial charge in [0.05, 0.1) is 19.3 Å². The number of aromatic nitrogens is 2. The quantitative estimate of drug-likeness (QED) is 0.877. The third-order valence-electron chi connectivity index (χ3n) is 2.89. The molecule has 0 unspecified atom stereocenters. The Kier molecular flexibility index (Phi) is 4.61. The molecule has 2 rings (SSSR count). The molecule has 0 aliphatic carbocycles. The maximum atomic E-state index is 5.32. The molecule has 108 valence electrons. The number of ether oxygens (including phenoxy) is 1. The van der Waals surface area contributed by atoms with Gasteiger partial charge in [-0.05, 0) is 30.5 Å². The van der Waals surface area contributed by atoms with Gasteiger partial charge in [-0.25, -0.2) is 0 Å². The van der Waals surface area contributed by atoms with Crippen molar-refractivity contribution in [1.82, 2.24) is 10.1 Å². The number of benzene rings is 1. The van der Waals surface area contributed by atoms with Crippen molar-refractivity contribution >= 4 is 5.69 Å². The van der Waals surface area contributed by atoms with E-state index in [4.69, 9.17) is 9.26 Å². The molecule has 1 aromatic heterocycles. The summed E-state index contributed by atoms with van der Waals surface area (Å²) in [7, 11) is 1.66. The molecule has 20 heavy (non-hydrogen) atoms. The molecule has 0 aliphatic heterocycles. The average Bonchev–Trinajstić information content (AvgIpc) is 2.83. The maximum absolute atomic E-state index is 5.32. The lowest BCUT2D eigenvalue weighted by Gasteiger charge is -2.10. The van der Waals surface area contributed by atoms with Crippen molar-refractivity contribution in [1.29, 1.82) is 0 Å². The van der Waals surface area contributed by atoms with Crippen molar-refractivity contribution in [3.63, 3.8) is 0 Å². The Hall–Kier alpha value is -2.04. The normalized spacial score (nSPS) is 10.8. The van der Waals surface area contributed by atoms with Crippen LogP contribution in [-0.2, 0) is 13.0 Å². The van der Waals surface area contributed by atoms with Crippen LogP contribution in [0.5, 0.6) is 5.75 Å². The standard InChI is InChI=1S/C15H21N3O2/c1-10(2)7-14-17-15(20-18-14)9-16-12-8-11(3)5-6-13(12)19-4/h5-6,8,10,16H,7,9H2,1-4H3. The second kappa shape index (κ2) is 6.41. The van der Waals surface area contributed by atoms with Crippen LogP contribution in [0.4, 0.5) is 5.69 Å². The summed E-state index contributed by atoms with van der Waals surface area (Å²) in [5.74, 6) is 2.67. The van der Waals surface area contributed by atoms with Gasteiger partial charge in [0.15, 0.2) is 5.82 Å². The van der Waals surface area contributed by atoms with Crippen molar-refractivity contribution in [2.45, 2.75) is 33.7 Å². The molecule has 5 heteroatoms. The van der Waals surface area contributed by atoms with Crippen LogP contribution < -0.4 is 10.1 Å². The second-order valence-electron chi connectivity index (χ2n) is 5.26. The largest absolute Gasteiger partial charge is 0.495 e. The van der Waals surface area contributed by atoms with Crippen LogP contribution in [0.15, 0.2) is 22.7 Å².